The third-order valence-electron chi connectivity index (χ3n) is 5.29. The van der Waals surface area contributed by atoms with E-state index in [4.69, 9.17) is 14.2 Å². The molecule has 11 nitrogen and oxygen atoms in total. The number of para-hydroxylation sites is 1. The lowest BCUT2D eigenvalue weighted by Crippen LogP contribution is -2.27. The van der Waals surface area contributed by atoms with Crippen molar-refractivity contribution in [2.75, 3.05) is 17.7 Å². The predicted octanol–water partition coefficient (Wildman–Crippen LogP) is 5.71. The predicted molar refractivity (Wildman–Crippen MR) is 151 cm³/mol. The monoisotopic (exact) mass is 576 g/mol. The average molecular weight is 577 g/mol. The molecule has 1 aromatic heterocycles. The summed E-state index contributed by atoms with van der Waals surface area (Å²) in [6, 6.07) is 20.7. The van der Waals surface area contributed by atoms with Gasteiger partial charge in [-0.2, -0.15) is 4.98 Å². The molecule has 0 saturated heterocycles. The molecule has 0 aliphatic heterocycles. The van der Waals surface area contributed by atoms with Crippen LogP contribution in [0, 0.1) is 0 Å². The van der Waals surface area contributed by atoms with Crippen LogP contribution in [0.15, 0.2) is 95.1 Å². The first-order valence-corrected chi connectivity index (χ1v) is 13.8. The van der Waals surface area contributed by atoms with Crippen molar-refractivity contribution < 1.29 is 32.2 Å². The van der Waals surface area contributed by atoms with Gasteiger partial charge in [0, 0.05) is 23.6 Å². The summed E-state index contributed by atoms with van der Waals surface area (Å²) in [5.41, 5.74) is 0.0135. The number of hydrogen-bond donors (Lipinski definition) is 2. The Morgan fingerprint density at radius 3 is 2.22 bits per heavy atom. The Balaban J connectivity index is 1.71. The number of carbonyl (C=O) groups is 2. The molecule has 12 heteroatoms. The summed E-state index contributed by atoms with van der Waals surface area (Å²) >= 11 is 0. The van der Waals surface area contributed by atoms with Crippen molar-refractivity contribution in [1.82, 2.24) is 9.97 Å². The lowest BCUT2D eigenvalue weighted by atomic mass is 10.2. The van der Waals surface area contributed by atoms with E-state index in [1.807, 2.05) is 0 Å². The second-order valence-corrected chi connectivity index (χ2v) is 11.5. The molecule has 0 aliphatic rings. The minimum Gasteiger partial charge on any atom is -0.497 e. The van der Waals surface area contributed by atoms with Crippen LogP contribution in [0.1, 0.15) is 31.1 Å². The van der Waals surface area contributed by atoms with E-state index < -0.39 is 32.6 Å². The average Bonchev–Trinajstić information content (AvgIpc) is 2.92. The van der Waals surface area contributed by atoms with Crippen molar-refractivity contribution in [2.45, 2.75) is 36.4 Å². The van der Waals surface area contributed by atoms with Gasteiger partial charge in [-0.3, -0.25) is 10.1 Å². The van der Waals surface area contributed by atoms with Crippen LogP contribution < -0.4 is 20.1 Å². The first kappa shape index (κ1) is 29.0. The van der Waals surface area contributed by atoms with Gasteiger partial charge in [-0.15, -0.1) is 0 Å². The molecule has 0 unspecified atom stereocenters. The number of carbonyl (C=O) groups excluding carboxylic acids is 2. The van der Waals surface area contributed by atoms with Crippen LogP contribution in [0.3, 0.4) is 0 Å². The standard InChI is InChI=1S/C29H28N4O7S/c1-29(2,3)40-28(35)32-20-12-8-14-22(16-20)39-26-24(25(34)31-19-10-6-5-7-11-19)18-30-27(33-26)41(36,37)23-15-9-13-21(17-23)38-4/h5-18H,1-4H3,(H,31,34)(H,32,35). The van der Waals surface area contributed by atoms with Gasteiger partial charge in [0.15, 0.2) is 0 Å². The molecule has 2 amide bonds. The van der Waals surface area contributed by atoms with Crippen LogP contribution in [0.2, 0.25) is 0 Å². The molecule has 212 valence electrons. The van der Waals surface area contributed by atoms with Crippen molar-refractivity contribution in [2.24, 2.45) is 0 Å². The number of rotatable bonds is 8. The summed E-state index contributed by atoms with van der Waals surface area (Å²) < 4.78 is 43.1. The van der Waals surface area contributed by atoms with Gasteiger partial charge in [-0.05, 0) is 63.2 Å². The maximum atomic E-state index is 13.4. The van der Waals surface area contributed by atoms with E-state index in [1.165, 1.54) is 31.4 Å². The second kappa shape index (κ2) is 12.0. The van der Waals surface area contributed by atoms with Crippen LogP contribution >= 0.6 is 0 Å². The molecule has 3 aromatic carbocycles. The summed E-state index contributed by atoms with van der Waals surface area (Å²) in [4.78, 5) is 33.4. The quantitative estimate of drug-likeness (QED) is 0.252. The van der Waals surface area contributed by atoms with Crippen molar-refractivity contribution in [1.29, 1.82) is 0 Å². The van der Waals surface area contributed by atoms with Crippen molar-refractivity contribution in [3.63, 3.8) is 0 Å². The number of anilines is 2. The van der Waals surface area contributed by atoms with Crippen molar-refractivity contribution in [3.05, 3.63) is 90.6 Å². The normalized spacial score (nSPS) is 11.3. The number of methoxy groups -OCH3 is 1. The number of nitrogens with zero attached hydrogens (tertiary/aromatic N) is 2. The SMILES string of the molecule is COc1cccc(S(=O)(=O)c2ncc(C(=O)Nc3ccccc3)c(Oc3cccc(NC(=O)OC(C)(C)C)c3)n2)c1. The summed E-state index contributed by atoms with van der Waals surface area (Å²) in [6.07, 6.45) is 0.405. The zero-order valence-corrected chi connectivity index (χ0v) is 23.6. The van der Waals surface area contributed by atoms with Crippen LogP contribution in [0.5, 0.6) is 17.4 Å². The fourth-order valence-corrected chi connectivity index (χ4v) is 4.61. The number of hydrogen-bond acceptors (Lipinski definition) is 9. The van der Waals surface area contributed by atoms with Gasteiger partial charge in [-0.1, -0.05) is 30.3 Å². The molecule has 41 heavy (non-hydrogen) atoms. The molecule has 0 fully saturated rings. The van der Waals surface area contributed by atoms with E-state index >= 15 is 0 Å². The molecule has 0 aliphatic carbocycles. The van der Waals surface area contributed by atoms with Crippen molar-refractivity contribution in [3.8, 4) is 17.4 Å². The van der Waals surface area contributed by atoms with Gasteiger partial charge < -0.3 is 19.5 Å². The molecule has 2 N–H and O–H groups in total. The molecule has 4 rings (SSSR count). The Labute approximate surface area is 237 Å². The Morgan fingerprint density at radius 1 is 0.829 bits per heavy atom. The number of ether oxygens (including phenoxy) is 3. The molecule has 4 aromatic rings. The van der Waals surface area contributed by atoms with Gasteiger partial charge in [0.1, 0.15) is 22.7 Å². The minimum atomic E-state index is -4.22. The number of amides is 2. The summed E-state index contributed by atoms with van der Waals surface area (Å²) in [7, 11) is -2.80. The van der Waals surface area contributed by atoms with Crippen molar-refractivity contribution >= 4 is 33.2 Å². The molecule has 0 saturated carbocycles. The largest absolute Gasteiger partial charge is 0.497 e. The van der Waals surface area contributed by atoms with Gasteiger partial charge in [-0.25, -0.2) is 18.2 Å². The molecule has 0 spiro atoms. The van der Waals surface area contributed by atoms with Gasteiger partial charge >= 0.3 is 6.09 Å². The first-order valence-electron chi connectivity index (χ1n) is 12.3. The molecule has 0 radical (unpaired) electrons. The van der Waals surface area contributed by atoms with Crippen LogP contribution in [0.25, 0.3) is 0 Å². The summed E-state index contributed by atoms with van der Waals surface area (Å²) in [5.74, 6) is -0.449. The van der Waals surface area contributed by atoms with E-state index in [-0.39, 0.29) is 22.1 Å². The van der Waals surface area contributed by atoms with Crippen LogP contribution in [-0.2, 0) is 14.6 Å². The maximum absolute atomic E-state index is 13.4. The van der Waals surface area contributed by atoms with Crippen LogP contribution in [0.4, 0.5) is 16.2 Å². The van der Waals surface area contributed by atoms with E-state index in [2.05, 4.69) is 20.6 Å². The summed E-state index contributed by atoms with van der Waals surface area (Å²) in [6.45, 7) is 5.21. The van der Waals surface area contributed by atoms with Gasteiger partial charge in [0.25, 0.3) is 11.1 Å². The number of sulfone groups is 1. The highest BCUT2D eigenvalue weighted by Crippen LogP contribution is 2.29. The Hall–Kier alpha value is -4.97. The topological polar surface area (TPSA) is 146 Å². The van der Waals surface area contributed by atoms with Gasteiger partial charge in [0.2, 0.25) is 15.7 Å². The summed E-state index contributed by atoms with van der Waals surface area (Å²) in [5, 5.41) is 4.73. The Kier molecular flexibility index (Phi) is 8.53. The van der Waals surface area contributed by atoms with E-state index in [1.54, 1.807) is 75.4 Å². The molecule has 0 atom stereocenters. The van der Waals surface area contributed by atoms with E-state index in [0.29, 0.717) is 17.1 Å². The van der Waals surface area contributed by atoms with E-state index in [0.717, 1.165) is 6.20 Å². The van der Waals surface area contributed by atoms with Crippen LogP contribution in [-0.4, -0.2) is 43.1 Å². The minimum absolute atomic E-state index is 0.104. The zero-order chi connectivity index (χ0) is 29.6. The highest BCUT2D eigenvalue weighted by Gasteiger charge is 2.26. The lowest BCUT2D eigenvalue weighted by molar-refractivity contribution is 0.0635. The highest BCUT2D eigenvalue weighted by molar-refractivity contribution is 7.91. The maximum Gasteiger partial charge on any atom is 0.412 e. The fourth-order valence-electron chi connectivity index (χ4n) is 3.48. The third-order valence-corrected chi connectivity index (χ3v) is 6.85. The number of nitrogens with one attached hydrogen (secondary N) is 2. The van der Waals surface area contributed by atoms with E-state index in [9.17, 15) is 18.0 Å². The second-order valence-electron chi connectivity index (χ2n) is 9.63. The zero-order valence-electron chi connectivity index (χ0n) is 22.7. The Morgan fingerprint density at radius 2 is 1.51 bits per heavy atom. The number of benzene rings is 3. The van der Waals surface area contributed by atoms with Gasteiger partial charge in [0.05, 0.1) is 12.0 Å². The molecule has 0 bridgehead atoms. The lowest BCUT2D eigenvalue weighted by Gasteiger charge is -2.19. The molecule has 1 heterocycles. The smallest absolute Gasteiger partial charge is 0.412 e. The Bertz CT molecular complexity index is 1670. The third kappa shape index (κ3) is 7.57. The fraction of sp³-hybridized carbons (Fsp3) is 0.172. The molecular weight excluding hydrogens is 548 g/mol. The first-order chi connectivity index (χ1) is 19.4. The molecular formula is C29H28N4O7S. The number of aromatic nitrogens is 2. The highest BCUT2D eigenvalue weighted by atomic mass is 32.2.